The second-order valence-electron chi connectivity index (χ2n) is 8.60. The second kappa shape index (κ2) is 6.65. The van der Waals surface area contributed by atoms with Gasteiger partial charge in [0.2, 0.25) is 5.91 Å². The topological polar surface area (TPSA) is 73.4 Å². The van der Waals surface area contributed by atoms with Crippen LogP contribution in [0.4, 0.5) is 4.39 Å². The normalized spacial score (nSPS) is 24.5. The van der Waals surface area contributed by atoms with E-state index in [9.17, 15) is 9.18 Å². The van der Waals surface area contributed by atoms with Gasteiger partial charge in [0.25, 0.3) is 0 Å². The molecule has 1 saturated heterocycles. The number of nitrogens with zero attached hydrogens (tertiary/aromatic N) is 2. The molecule has 3 aromatic rings. The molecule has 1 saturated carbocycles. The second-order valence-corrected chi connectivity index (χ2v) is 8.60. The predicted octanol–water partition coefficient (Wildman–Crippen LogP) is 3.33. The van der Waals surface area contributed by atoms with Crippen molar-refractivity contribution in [1.82, 2.24) is 9.78 Å². The molecule has 1 unspecified atom stereocenters. The number of halogens is 1. The molecule has 32 heavy (non-hydrogen) atoms. The summed E-state index contributed by atoms with van der Waals surface area (Å²) in [6, 6.07) is 13.9. The molecule has 2 aromatic carbocycles. The van der Waals surface area contributed by atoms with E-state index in [-0.39, 0.29) is 18.1 Å². The Hall–Kier alpha value is -3.69. The van der Waals surface area contributed by atoms with Crippen LogP contribution in [0, 0.1) is 17.7 Å². The van der Waals surface area contributed by atoms with Gasteiger partial charge >= 0.3 is 0 Å². The van der Waals surface area contributed by atoms with E-state index in [0.717, 1.165) is 40.9 Å². The zero-order valence-electron chi connectivity index (χ0n) is 17.3. The van der Waals surface area contributed by atoms with Crippen LogP contribution in [-0.2, 0) is 22.4 Å². The quantitative estimate of drug-likeness (QED) is 0.517. The number of hydrogen-bond acceptors (Lipinski definition) is 3. The first-order valence-electron chi connectivity index (χ1n) is 10.6. The number of primary amides is 1. The molecule has 0 bridgehead atoms. The molecular formula is C26H20FN3O2. The van der Waals surface area contributed by atoms with Crippen molar-refractivity contribution in [2.24, 2.45) is 5.73 Å². The van der Waals surface area contributed by atoms with Crippen LogP contribution in [0.2, 0.25) is 0 Å². The summed E-state index contributed by atoms with van der Waals surface area (Å²) < 4.78 is 21.5. The van der Waals surface area contributed by atoms with E-state index in [1.807, 2.05) is 35.1 Å². The minimum atomic E-state index is -0.506. The summed E-state index contributed by atoms with van der Waals surface area (Å²) in [4.78, 5) is 11.4. The average molecular weight is 425 g/mol. The third-order valence-electron chi connectivity index (χ3n) is 6.71. The summed E-state index contributed by atoms with van der Waals surface area (Å²) in [6.07, 6.45) is 6.64. The highest BCUT2D eigenvalue weighted by molar-refractivity contribution is 5.77. The van der Waals surface area contributed by atoms with Crippen molar-refractivity contribution < 1.29 is 13.9 Å². The van der Waals surface area contributed by atoms with Crippen molar-refractivity contribution in [2.45, 2.75) is 36.9 Å². The van der Waals surface area contributed by atoms with Gasteiger partial charge in [-0.2, -0.15) is 5.10 Å². The maximum absolute atomic E-state index is 13.3. The number of amides is 1. The van der Waals surface area contributed by atoms with Gasteiger partial charge in [-0.05, 0) is 60.4 Å². The molecule has 1 aromatic heterocycles. The fraction of sp³-hybridized carbons (Fsp3) is 0.231. The van der Waals surface area contributed by atoms with Gasteiger partial charge < -0.3 is 10.5 Å². The molecular weight excluding hydrogens is 405 g/mol. The Labute approximate surface area is 184 Å². The lowest BCUT2D eigenvalue weighted by Crippen LogP contribution is -2.25. The maximum Gasteiger partial charge on any atom is 0.221 e. The summed E-state index contributed by atoms with van der Waals surface area (Å²) in [5.41, 5.74) is 10.3. The molecule has 2 atom stereocenters. The van der Waals surface area contributed by atoms with Crippen LogP contribution < -0.4 is 5.73 Å². The van der Waals surface area contributed by atoms with E-state index in [2.05, 4.69) is 23.0 Å². The van der Waals surface area contributed by atoms with E-state index in [0.29, 0.717) is 6.42 Å². The Morgan fingerprint density at radius 2 is 2.03 bits per heavy atom. The molecule has 2 fully saturated rings. The minimum Gasteiger partial charge on any atom is -0.369 e. The van der Waals surface area contributed by atoms with Crippen molar-refractivity contribution in [3.05, 3.63) is 88.5 Å². The Bertz CT molecular complexity index is 1360. The van der Waals surface area contributed by atoms with E-state index >= 15 is 0 Å². The van der Waals surface area contributed by atoms with Crippen LogP contribution >= 0.6 is 0 Å². The van der Waals surface area contributed by atoms with E-state index in [4.69, 9.17) is 10.5 Å². The van der Waals surface area contributed by atoms with E-state index in [1.54, 1.807) is 12.1 Å². The van der Waals surface area contributed by atoms with Crippen LogP contribution in [0.15, 0.2) is 60.3 Å². The smallest absolute Gasteiger partial charge is 0.221 e. The summed E-state index contributed by atoms with van der Waals surface area (Å²) in [5, 5.41) is 4.54. The highest BCUT2D eigenvalue weighted by Gasteiger charge is 2.75. The number of hydrogen-bond donors (Lipinski definition) is 1. The molecule has 5 nitrogen and oxygen atoms in total. The van der Waals surface area contributed by atoms with Crippen molar-refractivity contribution in [1.29, 1.82) is 0 Å². The Morgan fingerprint density at radius 1 is 1.22 bits per heavy atom. The number of fused-ring (bicyclic) bond motifs is 1. The zero-order chi connectivity index (χ0) is 21.9. The van der Waals surface area contributed by atoms with Crippen molar-refractivity contribution in [3.8, 4) is 17.5 Å². The summed E-state index contributed by atoms with van der Waals surface area (Å²) in [6.45, 7) is 0. The van der Waals surface area contributed by atoms with Crippen molar-refractivity contribution >= 4 is 12.0 Å². The van der Waals surface area contributed by atoms with Crippen LogP contribution in [0.5, 0.6) is 0 Å². The number of carbonyl (C=O) groups excluding carboxylic acids is 1. The number of rotatable bonds is 3. The largest absolute Gasteiger partial charge is 0.369 e. The third kappa shape index (κ3) is 2.75. The van der Waals surface area contributed by atoms with Gasteiger partial charge in [-0.25, -0.2) is 9.07 Å². The fourth-order valence-electron chi connectivity index (χ4n) is 5.09. The number of ether oxygens (including phenoxy) is 1. The van der Waals surface area contributed by atoms with Gasteiger partial charge in [0.1, 0.15) is 11.4 Å². The highest BCUT2D eigenvalue weighted by atomic mass is 19.1. The lowest BCUT2D eigenvalue weighted by molar-refractivity contribution is -0.117. The van der Waals surface area contributed by atoms with Gasteiger partial charge in [0.05, 0.1) is 24.0 Å². The van der Waals surface area contributed by atoms with Gasteiger partial charge in [0, 0.05) is 17.5 Å². The molecule has 158 valence electrons. The highest BCUT2D eigenvalue weighted by Crippen LogP contribution is 2.65. The molecule has 2 heterocycles. The number of carbonyl (C=O) groups is 1. The molecule has 2 aliphatic carbocycles. The van der Waals surface area contributed by atoms with Crippen LogP contribution in [0.3, 0.4) is 0 Å². The van der Waals surface area contributed by atoms with Crippen LogP contribution in [-0.4, -0.2) is 26.9 Å². The monoisotopic (exact) mass is 425 g/mol. The van der Waals surface area contributed by atoms with Gasteiger partial charge in [-0.15, -0.1) is 0 Å². The predicted molar refractivity (Wildman–Crippen MR) is 117 cm³/mol. The molecule has 1 spiro atoms. The third-order valence-corrected chi connectivity index (χ3v) is 6.71. The first kappa shape index (κ1) is 19.0. The Balaban J connectivity index is 1.33. The fourth-order valence-corrected chi connectivity index (χ4v) is 5.09. The maximum atomic E-state index is 13.3. The molecule has 6 heteroatoms. The van der Waals surface area contributed by atoms with Gasteiger partial charge in [0.15, 0.2) is 5.60 Å². The summed E-state index contributed by atoms with van der Waals surface area (Å²) >= 11 is 0. The molecule has 1 aliphatic heterocycles. The molecule has 0 radical (unpaired) electrons. The number of epoxide rings is 1. The zero-order valence-corrected chi connectivity index (χ0v) is 17.3. The van der Waals surface area contributed by atoms with Crippen LogP contribution in [0.1, 0.15) is 35.2 Å². The van der Waals surface area contributed by atoms with E-state index in [1.165, 1.54) is 17.7 Å². The standard InChI is InChI=1S/C26H20FN3O2/c27-21-5-7-22(8-6-21)30-23-14-20-10-12-25(26(20,32-25)15-19(23)16-29-30)11-9-17-3-1-2-4-18(17)13-24(28)31/h1-8,14,16H,10,12-13,15H2,(H2,28,31)/t25-,26?/m0/s1. The van der Waals surface area contributed by atoms with Gasteiger partial charge in [-0.3, -0.25) is 4.79 Å². The molecule has 2 N–H and O–H groups in total. The first-order valence-corrected chi connectivity index (χ1v) is 10.6. The van der Waals surface area contributed by atoms with Crippen LogP contribution in [0.25, 0.3) is 11.8 Å². The van der Waals surface area contributed by atoms with Gasteiger partial charge in [-0.1, -0.05) is 30.0 Å². The van der Waals surface area contributed by atoms with Crippen molar-refractivity contribution in [3.63, 3.8) is 0 Å². The summed E-state index contributed by atoms with van der Waals surface area (Å²) in [7, 11) is 0. The average Bonchev–Trinajstić information content (AvgIpc) is 3.06. The minimum absolute atomic E-state index is 0.168. The number of nitrogens with two attached hydrogens (primary N) is 1. The molecule has 3 aliphatic rings. The molecule has 6 rings (SSSR count). The lowest BCUT2D eigenvalue weighted by Gasteiger charge is -2.19. The molecule has 1 amide bonds. The van der Waals surface area contributed by atoms with Crippen molar-refractivity contribution in [2.75, 3.05) is 0 Å². The number of aromatic nitrogens is 2. The lowest BCUT2D eigenvalue weighted by atomic mass is 9.83. The Kier molecular flexibility index (Phi) is 3.96. The number of benzene rings is 2. The first-order chi connectivity index (χ1) is 15.5. The SMILES string of the molecule is NC(=O)Cc1ccccc1C#C[C@]12CCC3=Cc4c(cnn4-c4ccc(F)cc4)CC31O2. The Morgan fingerprint density at radius 3 is 2.84 bits per heavy atom. The van der Waals surface area contributed by atoms with E-state index < -0.39 is 11.2 Å². The summed E-state index contributed by atoms with van der Waals surface area (Å²) in [5.74, 6) is 6.02.